The summed E-state index contributed by atoms with van der Waals surface area (Å²) < 4.78 is 12.7. The minimum absolute atomic E-state index is 0.273. The molecule has 2 aliphatic heterocycles. The van der Waals surface area contributed by atoms with Gasteiger partial charge >= 0.3 is 5.97 Å². The van der Waals surface area contributed by atoms with Crippen molar-refractivity contribution in [3.05, 3.63) is 126 Å². The third-order valence-corrected chi connectivity index (χ3v) is 7.71. The van der Waals surface area contributed by atoms with Crippen molar-refractivity contribution in [3.63, 3.8) is 0 Å². The molecule has 0 fully saturated rings. The Bertz CT molecular complexity index is 1930. The molecule has 1 aromatic heterocycles. The number of anilines is 2. The van der Waals surface area contributed by atoms with Crippen LogP contribution < -0.4 is 15.0 Å². The zero-order chi connectivity index (χ0) is 30.2. The number of nitrogens with one attached hydrogen (secondary N) is 1. The van der Waals surface area contributed by atoms with Gasteiger partial charge in [-0.2, -0.15) is 5.10 Å². The summed E-state index contributed by atoms with van der Waals surface area (Å²) in [6, 6.07) is 33.1. The first-order chi connectivity index (χ1) is 21.6. The van der Waals surface area contributed by atoms with E-state index in [4.69, 9.17) is 24.6 Å². The van der Waals surface area contributed by atoms with Crippen molar-refractivity contribution >= 4 is 40.5 Å². The van der Waals surface area contributed by atoms with Crippen LogP contribution in [0.4, 0.5) is 22.9 Å². The molecule has 44 heavy (non-hydrogen) atoms. The van der Waals surface area contributed by atoms with E-state index in [1.165, 1.54) is 0 Å². The standard InChI is InChI=1S/C35H30N6O3/c1-4-44-35(42)23-17-19-25(20-18-23)36-32-34-38-33-30(22(2)39-41(33)26-12-6-5-7-13-26)31(24-11-10-14-27(21-24)43-3)40(34)29-16-9-8-15-28(29)37-32/h5-21,31H,4H2,1-3H3,(H,36,37)/t31-/m0/s1. The summed E-state index contributed by atoms with van der Waals surface area (Å²) in [4.78, 5) is 24.8. The average Bonchev–Trinajstić information content (AvgIpc) is 3.40. The van der Waals surface area contributed by atoms with Crippen LogP contribution in [0.15, 0.2) is 113 Å². The number of carbonyl (C=O) groups is 1. The molecule has 0 spiro atoms. The summed E-state index contributed by atoms with van der Waals surface area (Å²) in [6.45, 7) is 4.14. The number of rotatable bonds is 6. The highest BCUT2D eigenvalue weighted by molar-refractivity contribution is 6.51. The van der Waals surface area contributed by atoms with Crippen molar-refractivity contribution < 1.29 is 14.3 Å². The highest BCUT2D eigenvalue weighted by Crippen LogP contribution is 2.48. The Morgan fingerprint density at radius 1 is 0.909 bits per heavy atom. The number of ether oxygens (including phenoxy) is 2. The maximum Gasteiger partial charge on any atom is 0.338 e. The van der Waals surface area contributed by atoms with Crippen LogP contribution in [0.1, 0.15) is 40.1 Å². The first kappa shape index (κ1) is 27.2. The Kier molecular flexibility index (Phi) is 6.90. The smallest absolute Gasteiger partial charge is 0.338 e. The highest BCUT2D eigenvalue weighted by Gasteiger charge is 2.41. The largest absolute Gasteiger partial charge is 0.497 e. The highest BCUT2D eigenvalue weighted by atomic mass is 16.5. The second kappa shape index (κ2) is 11.2. The molecule has 4 aromatic carbocycles. The Hall–Kier alpha value is -5.70. The summed E-state index contributed by atoms with van der Waals surface area (Å²) >= 11 is 0. The molecule has 0 amide bonds. The fourth-order valence-electron chi connectivity index (χ4n) is 5.71. The van der Waals surface area contributed by atoms with Gasteiger partial charge < -0.3 is 19.7 Å². The molecule has 9 heteroatoms. The van der Waals surface area contributed by atoms with E-state index >= 15 is 0 Å². The number of fused-ring (bicyclic) bond motifs is 4. The van der Waals surface area contributed by atoms with Crippen LogP contribution in [0.5, 0.6) is 5.75 Å². The van der Waals surface area contributed by atoms with Crippen LogP contribution in [0, 0.1) is 6.92 Å². The van der Waals surface area contributed by atoms with Gasteiger partial charge in [0.15, 0.2) is 17.5 Å². The maximum absolute atomic E-state index is 12.2. The van der Waals surface area contributed by atoms with E-state index in [2.05, 4.69) is 28.4 Å². The van der Waals surface area contributed by atoms with Crippen LogP contribution in [-0.4, -0.2) is 41.1 Å². The molecule has 3 heterocycles. The summed E-state index contributed by atoms with van der Waals surface area (Å²) in [5.41, 5.74) is 6.80. The van der Waals surface area contributed by atoms with Crippen molar-refractivity contribution in [2.45, 2.75) is 19.9 Å². The van der Waals surface area contributed by atoms with Gasteiger partial charge in [-0.3, -0.25) is 0 Å². The number of aliphatic imine (C=N–C) groups is 2. The van der Waals surface area contributed by atoms with Crippen LogP contribution in [0.2, 0.25) is 0 Å². The summed E-state index contributed by atoms with van der Waals surface area (Å²) in [6.07, 6.45) is 0. The molecule has 0 saturated heterocycles. The Balaban J connectivity index is 1.42. The second-order valence-corrected chi connectivity index (χ2v) is 10.4. The van der Waals surface area contributed by atoms with E-state index in [1.807, 2.05) is 84.4 Å². The minimum atomic E-state index is -0.357. The lowest BCUT2D eigenvalue weighted by molar-refractivity contribution is 0.0526. The fourth-order valence-corrected chi connectivity index (χ4v) is 5.71. The molecule has 1 N–H and O–H groups in total. The molecular formula is C35H30N6O3. The molecule has 0 saturated carbocycles. The number of benzene rings is 4. The van der Waals surface area contributed by atoms with Crippen LogP contribution in [-0.2, 0) is 4.74 Å². The molecule has 0 unspecified atom stereocenters. The van der Waals surface area contributed by atoms with Gasteiger partial charge in [-0.15, -0.1) is 0 Å². The van der Waals surface area contributed by atoms with Gasteiger partial charge in [-0.05, 0) is 80.1 Å². The number of hydrogen-bond acceptors (Lipinski definition) is 8. The van der Waals surface area contributed by atoms with Gasteiger partial charge in [0.2, 0.25) is 0 Å². The van der Waals surface area contributed by atoms with Crippen molar-refractivity contribution in [1.29, 1.82) is 0 Å². The Morgan fingerprint density at radius 3 is 2.45 bits per heavy atom. The molecule has 0 radical (unpaired) electrons. The third kappa shape index (κ3) is 4.68. The van der Waals surface area contributed by atoms with E-state index in [0.29, 0.717) is 23.8 Å². The predicted octanol–water partition coefficient (Wildman–Crippen LogP) is 7.16. The fraction of sp³-hybridized carbons (Fsp3) is 0.143. The number of hydrogen-bond donors (Lipinski definition) is 1. The van der Waals surface area contributed by atoms with Gasteiger partial charge in [0.05, 0.1) is 48.1 Å². The number of para-hydroxylation sites is 3. The van der Waals surface area contributed by atoms with Gasteiger partial charge in [-0.1, -0.05) is 42.5 Å². The summed E-state index contributed by atoms with van der Waals surface area (Å²) in [5.74, 6) is 2.36. The molecule has 5 aromatic rings. The zero-order valence-electron chi connectivity index (χ0n) is 24.6. The average molecular weight is 583 g/mol. The van der Waals surface area contributed by atoms with Crippen LogP contribution in [0.25, 0.3) is 5.69 Å². The summed E-state index contributed by atoms with van der Waals surface area (Å²) in [5, 5.41) is 8.47. The number of carbonyl (C=O) groups excluding carboxylic acids is 1. The van der Waals surface area contributed by atoms with E-state index in [0.717, 1.165) is 51.1 Å². The van der Waals surface area contributed by atoms with Gasteiger partial charge in [0.1, 0.15) is 5.75 Å². The molecule has 0 bridgehead atoms. The molecule has 218 valence electrons. The van der Waals surface area contributed by atoms with Crippen LogP contribution >= 0.6 is 0 Å². The third-order valence-electron chi connectivity index (χ3n) is 7.71. The van der Waals surface area contributed by atoms with E-state index in [1.54, 1.807) is 26.2 Å². The van der Waals surface area contributed by atoms with Crippen molar-refractivity contribution in [2.75, 3.05) is 23.9 Å². The zero-order valence-corrected chi connectivity index (χ0v) is 24.6. The maximum atomic E-state index is 12.2. The SMILES string of the molecule is CCOC(=O)c1ccc(NC2=Nc3ccccc3N3C2=Nc2c(c(C)nn2-c2ccccc2)[C@@H]3c2cccc(OC)c2)cc1. The minimum Gasteiger partial charge on any atom is -0.497 e. The lowest BCUT2D eigenvalue weighted by atomic mass is 9.93. The number of aryl methyl sites for hydroxylation is 1. The van der Waals surface area contributed by atoms with Crippen molar-refractivity contribution in [3.8, 4) is 11.4 Å². The lowest BCUT2D eigenvalue weighted by Gasteiger charge is -2.40. The number of nitrogens with zero attached hydrogens (tertiary/aromatic N) is 5. The summed E-state index contributed by atoms with van der Waals surface area (Å²) in [7, 11) is 1.68. The monoisotopic (exact) mass is 582 g/mol. The lowest BCUT2D eigenvalue weighted by Crippen LogP contribution is -2.46. The quantitative estimate of drug-likeness (QED) is 0.214. The normalized spacial score (nSPS) is 14.9. The van der Waals surface area contributed by atoms with E-state index in [-0.39, 0.29) is 12.0 Å². The Labute approximate surface area is 255 Å². The number of methoxy groups -OCH3 is 1. The molecule has 0 aliphatic carbocycles. The number of amidine groups is 2. The van der Waals surface area contributed by atoms with E-state index in [9.17, 15) is 4.79 Å². The first-order valence-corrected chi connectivity index (χ1v) is 14.4. The molecule has 7 rings (SSSR count). The Morgan fingerprint density at radius 2 is 1.68 bits per heavy atom. The first-order valence-electron chi connectivity index (χ1n) is 14.4. The second-order valence-electron chi connectivity index (χ2n) is 10.4. The van der Waals surface area contributed by atoms with Gasteiger partial charge in [-0.25, -0.2) is 19.5 Å². The van der Waals surface area contributed by atoms with Gasteiger partial charge in [0.25, 0.3) is 0 Å². The predicted molar refractivity (Wildman–Crippen MR) is 172 cm³/mol. The molecule has 9 nitrogen and oxygen atoms in total. The topological polar surface area (TPSA) is 93.3 Å². The van der Waals surface area contributed by atoms with E-state index < -0.39 is 0 Å². The molecule has 2 aliphatic rings. The van der Waals surface area contributed by atoms with Crippen molar-refractivity contribution in [1.82, 2.24) is 9.78 Å². The number of aromatic nitrogens is 2. The number of esters is 1. The van der Waals surface area contributed by atoms with Crippen LogP contribution in [0.3, 0.4) is 0 Å². The van der Waals surface area contributed by atoms with Gasteiger partial charge in [0, 0.05) is 11.3 Å². The molecular weight excluding hydrogens is 552 g/mol. The molecule has 1 atom stereocenters. The van der Waals surface area contributed by atoms with Crippen molar-refractivity contribution in [2.24, 2.45) is 9.98 Å².